The van der Waals surface area contributed by atoms with E-state index in [2.05, 4.69) is 36.9 Å². The van der Waals surface area contributed by atoms with E-state index < -0.39 is 37.9 Å². The van der Waals surface area contributed by atoms with Crippen LogP contribution < -0.4 is 10.6 Å². The fourth-order valence-corrected chi connectivity index (χ4v) is 3.51. The molecule has 0 aliphatic carbocycles. The average molecular weight is 488 g/mol. The molecule has 0 saturated carbocycles. The van der Waals surface area contributed by atoms with Gasteiger partial charge in [-0.05, 0) is 32.5 Å². The lowest BCUT2D eigenvalue weighted by molar-refractivity contribution is -0.144. The zero-order valence-electron chi connectivity index (χ0n) is 20.2. The van der Waals surface area contributed by atoms with Crippen LogP contribution in [0.3, 0.4) is 0 Å². The Labute approximate surface area is 196 Å². The Morgan fingerprint density at radius 2 is 1.58 bits per heavy atom. The molecule has 0 fully saturated rings. The van der Waals surface area contributed by atoms with E-state index in [1.807, 2.05) is 0 Å². The van der Waals surface area contributed by atoms with Crippen LogP contribution in [0.15, 0.2) is 25.3 Å². The van der Waals surface area contributed by atoms with Gasteiger partial charge >= 0.3 is 24.1 Å². The topological polar surface area (TPSA) is 132 Å². The van der Waals surface area contributed by atoms with Gasteiger partial charge in [0.1, 0.15) is 25.4 Å². The zero-order valence-corrected chi connectivity index (χ0v) is 21.2. The van der Waals surface area contributed by atoms with E-state index in [0.29, 0.717) is 6.54 Å². The number of esters is 2. The van der Waals surface area contributed by atoms with Gasteiger partial charge in [0.2, 0.25) is 0 Å². The summed E-state index contributed by atoms with van der Waals surface area (Å²) in [7, 11) is 1.54. The van der Waals surface area contributed by atoms with Crippen molar-refractivity contribution < 1.29 is 37.8 Å². The molecule has 0 aromatic rings. The lowest BCUT2D eigenvalue weighted by atomic mass is 10.1. The highest BCUT2D eigenvalue weighted by Gasteiger charge is 2.31. The van der Waals surface area contributed by atoms with Crippen molar-refractivity contribution in [1.29, 1.82) is 0 Å². The van der Waals surface area contributed by atoms with Gasteiger partial charge in [-0.25, -0.2) is 19.2 Å². The summed E-state index contributed by atoms with van der Waals surface area (Å²) < 4.78 is 20.5. The predicted molar refractivity (Wildman–Crippen MR) is 125 cm³/mol. The molecule has 33 heavy (non-hydrogen) atoms. The second-order valence-electron chi connectivity index (χ2n) is 8.17. The third-order valence-electron chi connectivity index (χ3n) is 4.59. The molecular weight excluding hydrogens is 450 g/mol. The third-order valence-corrected chi connectivity index (χ3v) is 7.25. The highest BCUT2D eigenvalue weighted by Crippen LogP contribution is 2.11. The molecule has 0 unspecified atom stereocenters. The normalized spacial score (nSPS) is 11.1. The van der Waals surface area contributed by atoms with Gasteiger partial charge in [0.25, 0.3) is 0 Å². The minimum Gasteiger partial charge on any atom is -0.460 e. The van der Waals surface area contributed by atoms with Gasteiger partial charge in [0, 0.05) is 32.9 Å². The Morgan fingerprint density at radius 3 is 2.06 bits per heavy atom. The van der Waals surface area contributed by atoms with Crippen molar-refractivity contribution in [2.24, 2.45) is 0 Å². The number of hydrogen-bond donors (Lipinski definition) is 2. The van der Waals surface area contributed by atoms with Gasteiger partial charge in [-0.3, -0.25) is 0 Å². The second kappa shape index (κ2) is 15.1. The minimum atomic E-state index is -1.66. The highest BCUT2D eigenvalue weighted by molar-refractivity contribution is 6.71. The molecule has 188 valence electrons. The summed E-state index contributed by atoms with van der Waals surface area (Å²) >= 11 is 0. The van der Waals surface area contributed by atoms with Gasteiger partial charge in [0.15, 0.2) is 8.32 Å². The molecule has 0 aromatic carbocycles. The number of alkyl carbamates (subject to hydrolysis) is 1. The first-order chi connectivity index (χ1) is 15.4. The maximum atomic E-state index is 12.5. The molecule has 0 atom stereocenters. The first-order valence-electron chi connectivity index (χ1n) is 10.5. The standard InChI is InChI=1S/C21H37N3O8Si/c1-8-17(25)31-15-21(3,16-32-18(26)9-2)23-19(27)24(4)12-13-30-20(28)22-11-10-14-33(6,7)29-5/h8-9H,1-2,10-16H2,3-7H3,(H,22,28)(H,23,27). The van der Waals surface area contributed by atoms with Crippen LogP contribution in [-0.2, 0) is 28.2 Å². The molecule has 0 rings (SSSR count). The lowest BCUT2D eigenvalue weighted by Crippen LogP contribution is -2.56. The van der Waals surface area contributed by atoms with E-state index in [1.54, 1.807) is 14.0 Å². The fourth-order valence-electron chi connectivity index (χ4n) is 2.28. The molecule has 0 aliphatic heterocycles. The van der Waals surface area contributed by atoms with Gasteiger partial charge in [0.05, 0.1) is 6.54 Å². The minimum absolute atomic E-state index is 0.0261. The maximum Gasteiger partial charge on any atom is 0.407 e. The number of rotatable bonds is 15. The number of likely N-dealkylation sites (N-methyl/N-ethyl adjacent to an activating group) is 1. The van der Waals surface area contributed by atoms with E-state index in [9.17, 15) is 19.2 Å². The number of carbonyl (C=O) groups excluding carboxylic acids is 4. The molecule has 0 heterocycles. The second-order valence-corrected chi connectivity index (χ2v) is 12.6. The van der Waals surface area contributed by atoms with Gasteiger partial charge < -0.3 is 34.2 Å². The molecule has 0 aliphatic rings. The lowest BCUT2D eigenvalue weighted by Gasteiger charge is -2.31. The molecule has 0 bridgehead atoms. The van der Waals surface area contributed by atoms with Crippen molar-refractivity contribution in [1.82, 2.24) is 15.5 Å². The number of urea groups is 1. The number of amides is 3. The monoisotopic (exact) mass is 487 g/mol. The third kappa shape index (κ3) is 14.0. The smallest absolute Gasteiger partial charge is 0.407 e. The summed E-state index contributed by atoms with van der Waals surface area (Å²) in [5.41, 5.74) is -1.21. The van der Waals surface area contributed by atoms with Crippen LogP contribution in [0.25, 0.3) is 0 Å². The fraction of sp³-hybridized carbons (Fsp3) is 0.619. The van der Waals surface area contributed by atoms with Crippen molar-refractivity contribution in [2.45, 2.75) is 38.0 Å². The molecule has 0 radical (unpaired) electrons. The number of ether oxygens (including phenoxy) is 3. The van der Waals surface area contributed by atoms with E-state index >= 15 is 0 Å². The van der Waals surface area contributed by atoms with Crippen molar-refractivity contribution in [3.63, 3.8) is 0 Å². The highest BCUT2D eigenvalue weighted by atomic mass is 28.4. The van der Waals surface area contributed by atoms with Gasteiger partial charge in [-0.1, -0.05) is 13.2 Å². The van der Waals surface area contributed by atoms with Crippen LogP contribution in [0.1, 0.15) is 13.3 Å². The van der Waals surface area contributed by atoms with Crippen LogP contribution >= 0.6 is 0 Å². The largest absolute Gasteiger partial charge is 0.460 e. The van der Waals surface area contributed by atoms with Crippen molar-refractivity contribution in [3.8, 4) is 0 Å². The van der Waals surface area contributed by atoms with Gasteiger partial charge in [-0.15, -0.1) is 0 Å². The Hall–Kier alpha value is -2.86. The first kappa shape index (κ1) is 30.1. The molecule has 0 saturated heterocycles. The molecule has 2 N–H and O–H groups in total. The summed E-state index contributed by atoms with van der Waals surface area (Å²) in [5, 5.41) is 5.31. The SMILES string of the molecule is C=CC(=O)OCC(C)(COC(=O)C=C)NC(=O)N(C)CCOC(=O)NCCC[Si](C)(C)OC. The Kier molecular flexibility index (Phi) is 13.8. The summed E-state index contributed by atoms with van der Waals surface area (Å²) in [4.78, 5) is 48.4. The number of carbonyl (C=O) groups is 4. The number of nitrogens with zero attached hydrogens (tertiary/aromatic N) is 1. The summed E-state index contributed by atoms with van der Waals surface area (Å²) in [5.74, 6) is -1.38. The Balaban J connectivity index is 4.54. The van der Waals surface area contributed by atoms with Crippen molar-refractivity contribution >= 4 is 32.4 Å². The first-order valence-corrected chi connectivity index (χ1v) is 13.6. The van der Waals surface area contributed by atoms with E-state index in [0.717, 1.165) is 24.6 Å². The Morgan fingerprint density at radius 1 is 1.03 bits per heavy atom. The van der Waals surface area contributed by atoms with Crippen LogP contribution in [0, 0.1) is 0 Å². The quantitative estimate of drug-likeness (QED) is 0.117. The van der Waals surface area contributed by atoms with Crippen LogP contribution in [0.5, 0.6) is 0 Å². The van der Waals surface area contributed by atoms with Crippen molar-refractivity contribution in [2.75, 3.05) is 47.1 Å². The van der Waals surface area contributed by atoms with Crippen LogP contribution in [0.2, 0.25) is 19.1 Å². The summed E-state index contributed by atoms with van der Waals surface area (Å²) in [6, 6.07) is 0.368. The predicted octanol–water partition coefficient (Wildman–Crippen LogP) is 1.81. The number of nitrogens with one attached hydrogen (secondary N) is 2. The van der Waals surface area contributed by atoms with E-state index in [1.165, 1.54) is 11.9 Å². The number of hydrogen-bond acceptors (Lipinski definition) is 8. The van der Waals surface area contributed by atoms with Crippen molar-refractivity contribution in [3.05, 3.63) is 25.3 Å². The molecule has 3 amide bonds. The molecule has 0 spiro atoms. The van der Waals surface area contributed by atoms with Crippen LogP contribution in [0.4, 0.5) is 9.59 Å². The zero-order chi connectivity index (χ0) is 25.5. The molecule has 11 nitrogen and oxygen atoms in total. The van der Waals surface area contributed by atoms with E-state index in [4.69, 9.17) is 18.6 Å². The van der Waals surface area contributed by atoms with Gasteiger partial charge in [-0.2, -0.15) is 0 Å². The molecule has 12 heteroatoms. The summed E-state index contributed by atoms with van der Waals surface area (Å²) in [6.07, 6.45) is 2.17. The average Bonchev–Trinajstić information content (AvgIpc) is 2.78. The maximum absolute atomic E-state index is 12.5. The van der Waals surface area contributed by atoms with Crippen LogP contribution in [-0.4, -0.2) is 89.9 Å². The molecular formula is C21H37N3O8Si. The summed E-state index contributed by atoms with van der Waals surface area (Å²) in [6.45, 7) is 12.4. The molecule has 0 aromatic heterocycles. The van der Waals surface area contributed by atoms with E-state index in [-0.39, 0.29) is 26.4 Å². The Bertz CT molecular complexity index is 675.